The number of nitrogens with one attached hydrogen (secondary N) is 2. The topological polar surface area (TPSA) is 24.1 Å². The van der Waals surface area contributed by atoms with Crippen LogP contribution in [0.4, 0.5) is 5.69 Å². The number of rotatable bonds is 4. The van der Waals surface area contributed by atoms with E-state index >= 15 is 0 Å². The molecule has 2 nitrogen and oxygen atoms in total. The second-order valence-electron chi connectivity index (χ2n) is 3.60. The predicted octanol–water partition coefficient (Wildman–Crippen LogP) is 2.81. The van der Waals surface area contributed by atoms with Crippen LogP contribution in [0.25, 0.3) is 0 Å². The molecule has 0 spiro atoms. The molecule has 1 aromatic rings. The molecule has 13 heavy (non-hydrogen) atoms. The number of likely N-dealkylation sites (N-methyl/N-ethyl adjacent to an activating group) is 1. The molecule has 0 aromatic carbocycles. The monoisotopic (exact) mass is 218 g/mol. The zero-order valence-corrected chi connectivity index (χ0v) is 9.72. The maximum atomic E-state index is 5.95. The smallest absolute Gasteiger partial charge is 0.116 e. The van der Waals surface area contributed by atoms with E-state index in [1.807, 2.05) is 18.5 Å². The fourth-order valence-corrected chi connectivity index (χ4v) is 1.70. The van der Waals surface area contributed by atoms with E-state index in [1.165, 1.54) is 0 Å². The Morgan fingerprint density at radius 3 is 2.69 bits per heavy atom. The summed E-state index contributed by atoms with van der Waals surface area (Å²) in [5.74, 6) is 0. The Morgan fingerprint density at radius 2 is 2.23 bits per heavy atom. The largest absolute Gasteiger partial charge is 0.381 e. The summed E-state index contributed by atoms with van der Waals surface area (Å²) >= 11 is 7.49. The van der Waals surface area contributed by atoms with E-state index in [9.17, 15) is 0 Å². The van der Waals surface area contributed by atoms with Gasteiger partial charge < -0.3 is 10.6 Å². The Morgan fingerprint density at radius 1 is 1.54 bits per heavy atom. The molecule has 1 heterocycles. The van der Waals surface area contributed by atoms with Crippen molar-refractivity contribution >= 4 is 28.6 Å². The van der Waals surface area contributed by atoms with Crippen LogP contribution in [0.2, 0.25) is 4.34 Å². The zero-order chi connectivity index (χ0) is 9.90. The average Bonchev–Trinajstić information content (AvgIpc) is 2.48. The second-order valence-corrected chi connectivity index (χ2v) is 5.11. The number of thiophene rings is 1. The van der Waals surface area contributed by atoms with Crippen molar-refractivity contribution in [1.82, 2.24) is 5.32 Å². The van der Waals surface area contributed by atoms with Crippen molar-refractivity contribution in [2.45, 2.75) is 19.4 Å². The fourth-order valence-electron chi connectivity index (χ4n) is 0.824. The van der Waals surface area contributed by atoms with Crippen LogP contribution in [0.1, 0.15) is 13.8 Å². The van der Waals surface area contributed by atoms with Crippen molar-refractivity contribution in [3.05, 3.63) is 15.8 Å². The van der Waals surface area contributed by atoms with Crippen molar-refractivity contribution < 1.29 is 0 Å². The van der Waals surface area contributed by atoms with Crippen LogP contribution in [-0.2, 0) is 0 Å². The first-order chi connectivity index (χ1) is 6.05. The average molecular weight is 219 g/mol. The lowest BCUT2D eigenvalue weighted by molar-refractivity contribution is 0.448. The Bertz CT molecular complexity index is 270. The van der Waals surface area contributed by atoms with E-state index in [0.717, 1.165) is 16.6 Å². The minimum atomic E-state index is 0.0886. The van der Waals surface area contributed by atoms with Gasteiger partial charge in [-0.15, -0.1) is 11.3 Å². The Kier molecular flexibility index (Phi) is 3.59. The summed E-state index contributed by atoms with van der Waals surface area (Å²) in [7, 11) is 1.96. The van der Waals surface area contributed by atoms with Gasteiger partial charge in [0.25, 0.3) is 0 Å². The van der Waals surface area contributed by atoms with Crippen LogP contribution in [0.5, 0.6) is 0 Å². The minimum Gasteiger partial charge on any atom is -0.381 e. The first-order valence-corrected chi connectivity index (χ1v) is 5.47. The first kappa shape index (κ1) is 10.8. The third kappa shape index (κ3) is 3.18. The molecule has 1 aromatic heterocycles. The van der Waals surface area contributed by atoms with Gasteiger partial charge in [-0.2, -0.15) is 0 Å². The summed E-state index contributed by atoms with van der Waals surface area (Å²) in [5, 5.41) is 8.50. The third-order valence-electron chi connectivity index (χ3n) is 2.02. The van der Waals surface area contributed by atoms with Crippen molar-refractivity contribution in [2.75, 3.05) is 18.9 Å². The molecule has 0 aliphatic rings. The van der Waals surface area contributed by atoms with Gasteiger partial charge in [0, 0.05) is 12.1 Å². The Balaban J connectivity index is 2.48. The van der Waals surface area contributed by atoms with Crippen LogP contribution in [-0.4, -0.2) is 19.1 Å². The number of halogens is 1. The molecule has 0 unspecified atom stereocenters. The maximum Gasteiger partial charge on any atom is 0.116 e. The molecule has 2 N–H and O–H groups in total. The van der Waals surface area contributed by atoms with Crippen molar-refractivity contribution in [1.29, 1.82) is 0 Å². The summed E-state index contributed by atoms with van der Waals surface area (Å²) in [4.78, 5) is 0. The highest BCUT2D eigenvalue weighted by atomic mass is 35.5. The molecule has 0 atom stereocenters. The third-order valence-corrected chi connectivity index (χ3v) is 3.19. The molecule has 0 aliphatic heterocycles. The van der Waals surface area contributed by atoms with Gasteiger partial charge in [-0.3, -0.25) is 0 Å². The Labute approximate surface area is 88.3 Å². The summed E-state index contributed by atoms with van der Waals surface area (Å²) < 4.78 is 0.826. The normalized spacial score (nSPS) is 11.7. The number of hydrogen-bond acceptors (Lipinski definition) is 3. The molecule has 0 saturated carbocycles. The van der Waals surface area contributed by atoms with Crippen LogP contribution in [0.3, 0.4) is 0 Å². The fraction of sp³-hybridized carbons (Fsp3) is 0.556. The van der Waals surface area contributed by atoms with E-state index in [1.54, 1.807) is 11.3 Å². The van der Waals surface area contributed by atoms with Crippen LogP contribution in [0.15, 0.2) is 11.4 Å². The van der Waals surface area contributed by atoms with Gasteiger partial charge in [-0.1, -0.05) is 11.6 Å². The van der Waals surface area contributed by atoms with Crippen LogP contribution in [0, 0.1) is 0 Å². The quantitative estimate of drug-likeness (QED) is 0.812. The van der Waals surface area contributed by atoms with Gasteiger partial charge in [0.15, 0.2) is 0 Å². The van der Waals surface area contributed by atoms with E-state index in [-0.39, 0.29) is 5.54 Å². The molecule has 0 aliphatic carbocycles. The molecule has 4 heteroatoms. The second kappa shape index (κ2) is 4.31. The van der Waals surface area contributed by atoms with Gasteiger partial charge in [-0.25, -0.2) is 0 Å². The molecule has 0 radical (unpaired) electrons. The summed E-state index contributed by atoms with van der Waals surface area (Å²) in [6, 6.07) is 2.00. The molecular weight excluding hydrogens is 204 g/mol. The zero-order valence-electron chi connectivity index (χ0n) is 8.15. The van der Waals surface area contributed by atoms with E-state index in [4.69, 9.17) is 11.6 Å². The van der Waals surface area contributed by atoms with Crippen molar-refractivity contribution in [3.8, 4) is 0 Å². The van der Waals surface area contributed by atoms with E-state index in [2.05, 4.69) is 24.5 Å². The molecule has 0 saturated heterocycles. The summed E-state index contributed by atoms with van der Waals surface area (Å²) in [5.41, 5.74) is 1.11. The molecule has 1 rings (SSSR count). The van der Waals surface area contributed by atoms with Crippen LogP contribution < -0.4 is 10.6 Å². The van der Waals surface area contributed by atoms with Gasteiger partial charge in [-0.05, 0) is 32.3 Å². The lowest BCUT2D eigenvalue weighted by Gasteiger charge is -2.24. The van der Waals surface area contributed by atoms with Crippen molar-refractivity contribution in [2.24, 2.45) is 0 Å². The molecule has 0 fully saturated rings. The SMILES string of the molecule is CNC(C)(C)CNc1ccsc1Cl. The standard InChI is InChI=1S/C9H15ClN2S/c1-9(2,11-3)6-12-7-4-5-13-8(7)10/h4-5,11-12H,6H2,1-3H3. The molecule has 0 bridgehead atoms. The highest BCUT2D eigenvalue weighted by Gasteiger charge is 2.14. The summed E-state index contributed by atoms with van der Waals surface area (Å²) in [6.07, 6.45) is 0. The van der Waals surface area contributed by atoms with Gasteiger partial charge in [0.2, 0.25) is 0 Å². The molecule has 74 valence electrons. The molecular formula is C9H15ClN2S. The van der Waals surface area contributed by atoms with Crippen LogP contribution >= 0.6 is 22.9 Å². The summed E-state index contributed by atoms with van der Waals surface area (Å²) in [6.45, 7) is 5.14. The Hall–Kier alpha value is -0.250. The lowest BCUT2D eigenvalue weighted by atomic mass is 10.1. The minimum absolute atomic E-state index is 0.0886. The maximum absolute atomic E-state index is 5.95. The first-order valence-electron chi connectivity index (χ1n) is 4.21. The van der Waals surface area contributed by atoms with Gasteiger partial charge in [0.1, 0.15) is 4.34 Å². The van der Waals surface area contributed by atoms with E-state index in [0.29, 0.717) is 0 Å². The van der Waals surface area contributed by atoms with E-state index < -0.39 is 0 Å². The van der Waals surface area contributed by atoms with Crippen molar-refractivity contribution in [3.63, 3.8) is 0 Å². The predicted molar refractivity (Wildman–Crippen MR) is 61.0 cm³/mol. The highest BCUT2D eigenvalue weighted by molar-refractivity contribution is 7.15. The molecule has 0 amide bonds. The number of hydrogen-bond donors (Lipinski definition) is 2. The number of anilines is 1. The highest BCUT2D eigenvalue weighted by Crippen LogP contribution is 2.27. The lowest BCUT2D eigenvalue weighted by Crippen LogP contribution is -2.42. The van der Waals surface area contributed by atoms with Gasteiger partial charge >= 0.3 is 0 Å². The van der Waals surface area contributed by atoms with Gasteiger partial charge in [0.05, 0.1) is 5.69 Å².